The predicted octanol–water partition coefficient (Wildman–Crippen LogP) is 4.26. The van der Waals surface area contributed by atoms with E-state index in [0.717, 1.165) is 17.9 Å². The van der Waals surface area contributed by atoms with Crippen molar-refractivity contribution in [3.8, 4) is 0 Å². The normalized spacial score (nSPS) is 17.3. The van der Waals surface area contributed by atoms with E-state index in [0.29, 0.717) is 4.83 Å². The van der Waals surface area contributed by atoms with Gasteiger partial charge in [0, 0.05) is 22.3 Å². The Balaban J connectivity index is 1.94. The van der Waals surface area contributed by atoms with Crippen molar-refractivity contribution < 1.29 is 0 Å². The maximum absolute atomic E-state index is 4.79. The number of alkyl halides is 1. The lowest BCUT2D eigenvalue weighted by Gasteiger charge is -2.11. The van der Waals surface area contributed by atoms with Gasteiger partial charge in [0.2, 0.25) is 0 Å². The Morgan fingerprint density at radius 3 is 2.88 bits per heavy atom. The summed E-state index contributed by atoms with van der Waals surface area (Å²) in [4.78, 5) is 5.40. The van der Waals surface area contributed by atoms with Crippen molar-refractivity contribution in [2.75, 3.05) is 0 Å². The number of nitrogens with zero attached hydrogens (tertiary/aromatic N) is 1. The SMILES string of the molecule is Cc1cc2ccccc2nc1CC(Br)C1CC1. The van der Waals surface area contributed by atoms with Crippen LogP contribution in [0, 0.1) is 12.8 Å². The van der Waals surface area contributed by atoms with Crippen LogP contribution in [0.25, 0.3) is 10.9 Å². The van der Waals surface area contributed by atoms with Crippen molar-refractivity contribution in [2.45, 2.75) is 31.0 Å². The minimum absolute atomic E-state index is 0.606. The van der Waals surface area contributed by atoms with E-state index in [4.69, 9.17) is 4.98 Å². The van der Waals surface area contributed by atoms with E-state index in [1.165, 1.54) is 29.5 Å². The average Bonchev–Trinajstić information content (AvgIpc) is 3.14. The van der Waals surface area contributed by atoms with Crippen LogP contribution in [0.15, 0.2) is 30.3 Å². The first-order valence-electron chi connectivity index (χ1n) is 6.23. The molecule has 17 heavy (non-hydrogen) atoms. The highest BCUT2D eigenvalue weighted by atomic mass is 79.9. The summed E-state index contributed by atoms with van der Waals surface area (Å²) in [6.07, 6.45) is 3.81. The van der Waals surface area contributed by atoms with Gasteiger partial charge in [-0.3, -0.25) is 4.98 Å². The minimum Gasteiger partial charge on any atom is -0.253 e. The molecule has 2 heteroatoms. The second-order valence-corrected chi connectivity index (χ2v) is 6.18. The summed E-state index contributed by atoms with van der Waals surface area (Å²) in [5.41, 5.74) is 3.68. The zero-order chi connectivity index (χ0) is 11.8. The van der Waals surface area contributed by atoms with Crippen LogP contribution in [0.3, 0.4) is 0 Å². The first-order valence-corrected chi connectivity index (χ1v) is 7.15. The molecule has 0 amide bonds. The van der Waals surface area contributed by atoms with Crippen molar-refractivity contribution in [1.29, 1.82) is 0 Å². The van der Waals surface area contributed by atoms with Crippen LogP contribution < -0.4 is 0 Å². The lowest BCUT2D eigenvalue weighted by atomic mass is 10.1. The van der Waals surface area contributed by atoms with E-state index in [1.807, 2.05) is 0 Å². The van der Waals surface area contributed by atoms with Crippen LogP contribution in [0.2, 0.25) is 0 Å². The smallest absolute Gasteiger partial charge is 0.0705 e. The molecule has 88 valence electrons. The number of aromatic nitrogens is 1. The fraction of sp³-hybridized carbons (Fsp3) is 0.400. The molecule has 0 bridgehead atoms. The largest absolute Gasteiger partial charge is 0.253 e. The summed E-state index contributed by atoms with van der Waals surface area (Å²) in [7, 11) is 0. The number of rotatable bonds is 3. The Morgan fingerprint density at radius 2 is 2.12 bits per heavy atom. The van der Waals surface area contributed by atoms with Gasteiger partial charge in [-0.1, -0.05) is 34.1 Å². The van der Waals surface area contributed by atoms with Crippen LogP contribution >= 0.6 is 15.9 Å². The number of halogens is 1. The molecular formula is C15H16BrN. The van der Waals surface area contributed by atoms with Crippen molar-refractivity contribution in [1.82, 2.24) is 4.98 Å². The van der Waals surface area contributed by atoms with Gasteiger partial charge in [-0.05, 0) is 43.4 Å². The van der Waals surface area contributed by atoms with E-state index < -0.39 is 0 Å². The molecule has 1 atom stereocenters. The van der Waals surface area contributed by atoms with Gasteiger partial charge in [0.1, 0.15) is 0 Å². The molecule has 1 aromatic carbocycles. The highest BCUT2D eigenvalue weighted by Crippen LogP contribution is 2.38. The number of aryl methyl sites for hydroxylation is 1. The summed E-state index contributed by atoms with van der Waals surface area (Å²) < 4.78 is 0. The third kappa shape index (κ3) is 2.37. The standard InChI is InChI=1S/C15H16BrN/c1-10-8-12-4-2-3-5-14(12)17-15(10)9-13(16)11-6-7-11/h2-5,8,11,13H,6-7,9H2,1H3. The molecule has 0 saturated heterocycles. The van der Waals surface area contributed by atoms with E-state index in [-0.39, 0.29) is 0 Å². The maximum atomic E-state index is 4.79. The summed E-state index contributed by atoms with van der Waals surface area (Å²) in [6.45, 7) is 2.17. The lowest BCUT2D eigenvalue weighted by molar-refractivity contribution is 0.745. The second-order valence-electron chi connectivity index (χ2n) is 5.00. The number of hydrogen-bond donors (Lipinski definition) is 0. The molecule has 3 rings (SSSR count). The van der Waals surface area contributed by atoms with Crippen LogP contribution in [-0.2, 0) is 6.42 Å². The summed E-state index contributed by atoms with van der Waals surface area (Å²) in [6, 6.07) is 10.6. The number of fused-ring (bicyclic) bond motifs is 1. The van der Waals surface area contributed by atoms with Crippen LogP contribution in [0.1, 0.15) is 24.1 Å². The van der Waals surface area contributed by atoms with Crippen LogP contribution in [-0.4, -0.2) is 9.81 Å². The van der Waals surface area contributed by atoms with Gasteiger partial charge in [0.25, 0.3) is 0 Å². The van der Waals surface area contributed by atoms with Crippen molar-refractivity contribution >= 4 is 26.8 Å². The van der Waals surface area contributed by atoms with Crippen molar-refractivity contribution in [2.24, 2.45) is 5.92 Å². The predicted molar refractivity (Wildman–Crippen MR) is 75.6 cm³/mol. The maximum Gasteiger partial charge on any atom is 0.0705 e. The van der Waals surface area contributed by atoms with Crippen LogP contribution in [0.4, 0.5) is 0 Å². The molecule has 1 aromatic heterocycles. The first-order chi connectivity index (χ1) is 8.24. The van der Waals surface area contributed by atoms with Gasteiger partial charge in [-0.15, -0.1) is 0 Å². The lowest BCUT2D eigenvalue weighted by Crippen LogP contribution is -2.08. The number of hydrogen-bond acceptors (Lipinski definition) is 1. The Morgan fingerprint density at radius 1 is 1.35 bits per heavy atom. The van der Waals surface area contributed by atoms with Crippen molar-refractivity contribution in [3.63, 3.8) is 0 Å². The molecule has 0 aliphatic heterocycles. The summed E-state index contributed by atoms with van der Waals surface area (Å²) >= 11 is 3.80. The van der Waals surface area contributed by atoms with Gasteiger partial charge >= 0.3 is 0 Å². The third-order valence-corrected chi connectivity index (χ3v) is 4.61. The molecule has 0 spiro atoms. The fourth-order valence-corrected chi connectivity index (χ4v) is 3.11. The molecule has 0 radical (unpaired) electrons. The molecule has 1 nitrogen and oxygen atoms in total. The fourth-order valence-electron chi connectivity index (χ4n) is 2.28. The van der Waals surface area contributed by atoms with Crippen LogP contribution in [0.5, 0.6) is 0 Å². The molecule has 1 aliphatic carbocycles. The van der Waals surface area contributed by atoms with E-state index >= 15 is 0 Å². The Labute approximate surface area is 110 Å². The van der Waals surface area contributed by atoms with E-state index in [1.54, 1.807) is 0 Å². The van der Waals surface area contributed by atoms with E-state index in [2.05, 4.69) is 53.2 Å². The monoisotopic (exact) mass is 289 g/mol. The Hall–Kier alpha value is -0.890. The molecule has 1 aliphatic rings. The highest BCUT2D eigenvalue weighted by molar-refractivity contribution is 9.09. The van der Waals surface area contributed by atoms with Gasteiger partial charge in [-0.2, -0.15) is 0 Å². The Bertz CT molecular complexity index is 546. The molecule has 1 heterocycles. The summed E-state index contributed by atoms with van der Waals surface area (Å²) in [5, 5.41) is 1.24. The molecule has 0 N–H and O–H groups in total. The minimum atomic E-state index is 0.606. The zero-order valence-corrected chi connectivity index (χ0v) is 11.6. The first kappa shape index (κ1) is 11.2. The van der Waals surface area contributed by atoms with E-state index in [9.17, 15) is 0 Å². The molecule has 1 unspecified atom stereocenters. The number of benzene rings is 1. The van der Waals surface area contributed by atoms with Gasteiger partial charge in [0.15, 0.2) is 0 Å². The zero-order valence-electron chi connectivity index (χ0n) is 9.99. The van der Waals surface area contributed by atoms with Gasteiger partial charge in [-0.25, -0.2) is 0 Å². The topological polar surface area (TPSA) is 12.9 Å². The molecule has 1 fully saturated rings. The van der Waals surface area contributed by atoms with Gasteiger partial charge < -0.3 is 0 Å². The third-order valence-electron chi connectivity index (χ3n) is 3.54. The average molecular weight is 290 g/mol. The number of pyridine rings is 1. The number of para-hydroxylation sites is 1. The van der Waals surface area contributed by atoms with Gasteiger partial charge in [0.05, 0.1) is 5.52 Å². The Kier molecular flexibility index (Phi) is 2.91. The highest BCUT2D eigenvalue weighted by Gasteiger charge is 2.29. The second kappa shape index (κ2) is 4.41. The quantitative estimate of drug-likeness (QED) is 0.770. The molecule has 2 aromatic rings. The molecule has 1 saturated carbocycles. The molecular weight excluding hydrogens is 274 g/mol. The summed E-state index contributed by atoms with van der Waals surface area (Å²) in [5.74, 6) is 0.877. The van der Waals surface area contributed by atoms with Crippen molar-refractivity contribution in [3.05, 3.63) is 41.6 Å².